The van der Waals surface area contributed by atoms with Gasteiger partial charge in [-0.2, -0.15) is 0 Å². The molecule has 0 aliphatic heterocycles. The Kier molecular flexibility index (Phi) is 4.51. The number of benzene rings is 7. The van der Waals surface area contributed by atoms with E-state index >= 15 is 0 Å². The summed E-state index contributed by atoms with van der Waals surface area (Å²) in [6.45, 7) is 0. The first-order valence-corrected chi connectivity index (χ1v) is 14.7. The Morgan fingerprint density at radius 1 is 0.425 bits per heavy atom. The second-order valence-electron chi connectivity index (χ2n) is 10.8. The van der Waals surface area contributed by atoms with Crippen LogP contribution in [0.15, 0.2) is 146 Å². The lowest BCUT2D eigenvalue weighted by Gasteiger charge is -2.35. The summed E-state index contributed by atoms with van der Waals surface area (Å²) in [4.78, 5) is 0. The molecule has 8 aromatic rings. The summed E-state index contributed by atoms with van der Waals surface area (Å²) in [6, 6.07) is 54.0. The quantitative estimate of drug-likeness (QED) is 0.197. The fourth-order valence-corrected chi connectivity index (χ4v) is 8.68. The van der Waals surface area contributed by atoms with Gasteiger partial charge < -0.3 is 0 Å². The maximum Gasteiger partial charge on any atom is 0.0719 e. The van der Waals surface area contributed by atoms with Crippen LogP contribution in [0.25, 0.3) is 52.8 Å². The second-order valence-corrected chi connectivity index (χ2v) is 11.8. The zero-order chi connectivity index (χ0) is 26.3. The van der Waals surface area contributed by atoms with E-state index in [9.17, 15) is 0 Å². The van der Waals surface area contributed by atoms with Crippen LogP contribution in [-0.2, 0) is 5.41 Å². The fraction of sp³-hybridized carbons (Fsp3) is 0.0256. The predicted octanol–water partition coefficient (Wildman–Crippen LogP) is 10.7. The molecule has 1 aliphatic carbocycles. The lowest BCUT2D eigenvalue weighted by Crippen LogP contribution is -2.28. The first kappa shape index (κ1) is 22.1. The van der Waals surface area contributed by atoms with Gasteiger partial charge in [0.15, 0.2) is 0 Å². The molecule has 1 heteroatoms. The van der Waals surface area contributed by atoms with Crippen LogP contribution in [0.5, 0.6) is 0 Å². The van der Waals surface area contributed by atoms with E-state index in [1.54, 1.807) is 0 Å². The molecule has 0 saturated carbocycles. The van der Waals surface area contributed by atoms with Crippen molar-refractivity contribution in [3.8, 4) is 11.1 Å². The Morgan fingerprint density at radius 3 is 1.75 bits per heavy atom. The first-order valence-electron chi connectivity index (χ1n) is 13.9. The van der Waals surface area contributed by atoms with Crippen LogP contribution in [0.4, 0.5) is 0 Å². The van der Waals surface area contributed by atoms with Crippen LogP contribution in [0.3, 0.4) is 0 Å². The Balaban J connectivity index is 1.61. The van der Waals surface area contributed by atoms with Crippen LogP contribution in [0.2, 0.25) is 0 Å². The number of thiophene rings is 1. The molecule has 0 bridgehead atoms. The largest absolute Gasteiger partial charge is 0.135 e. The van der Waals surface area contributed by atoms with E-state index < -0.39 is 5.41 Å². The molecule has 0 fully saturated rings. The van der Waals surface area contributed by atoms with Gasteiger partial charge in [-0.25, -0.2) is 0 Å². The SMILES string of the molecule is c1ccc(C2(c3ccccc3)c3ccccc3-c3c2c2ccccc2c2ccc4c5ccccc5sc4c32)cc1. The zero-order valence-electron chi connectivity index (χ0n) is 21.8. The minimum absolute atomic E-state index is 0.429. The van der Waals surface area contributed by atoms with Crippen molar-refractivity contribution in [2.75, 3.05) is 0 Å². The Hall–Kier alpha value is -4.72. The van der Waals surface area contributed by atoms with E-state index in [1.165, 1.54) is 75.1 Å². The molecule has 7 aromatic carbocycles. The Labute approximate surface area is 236 Å². The van der Waals surface area contributed by atoms with Crippen LogP contribution in [0.1, 0.15) is 22.3 Å². The van der Waals surface area contributed by atoms with Gasteiger partial charge in [-0.05, 0) is 55.6 Å². The molecule has 1 heterocycles. The highest BCUT2D eigenvalue weighted by molar-refractivity contribution is 7.26. The summed E-state index contributed by atoms with van der Waals surface area (Å²) in [5.41, 5.74) is 7.67. The third-order valence-electron chi connectivity index (χ3n) is 8.92. The van der Waals surface area contributed by atoms with Gasteiger partial charge in [-0.15, -0.1) is 11.3 Å². The number of hydrogen-bond donors (Lipinski definition) is 0. The monoisotopic (exact) mass is 524 g/mol. The molecule has 186 valence electrons. The third-order valence-corrected chi connectivity index (χ3v) is 10.1. The van der Waals surface area contributed by atoms with E-state index in [2.05, 4.69) is 146 Å². The van der Waals surface area contributed by atoms with Gasteiger partial charge in [0.25, 0.3) is 0 Å². The molecule has 0 unspecified atom stereocenters. The maximum atomic E-state index is 2.37. The second kappa shape index (κ2) is 8.14. The molecule has 0 amide bonds. The van der Waals surface area contributed by atoms with Crippen LogP contribution >= 0.6 is 11.3 Å². The molecule has 0 nitrogen and oxygen atoms in total. The van der Waals surface area contributed by atoms with Crippen molar-refractivity contribution in [1.29, 1.82) is 0 Å². The van der Waals surface area contributed by atoms with E-state index in [4.69, 9.17) is 0 Å². The van der Waals surface area contributed by atoms with E-state index in [-0.39, 0.29) is 0 Å². The van der Waals surface area contributed by atoms with Crippen molar-refractivity contribution >= 4 is 53.1 Å². The number of rotatable bonds is 2. The van der Waals surface area contributed by atoms with Gasteiger partial charge in [-0.3, -0.25) is 0 Å². The summed E-state index contributed by atoms with van der Waals surface area (Å²) in [5, 5.41) is 8.05. The summed E-state index contributed by atoms with van der Waals surface area (Å²) in [6.07, 6.45) is 0. The normalized spacial score (nSPS) is 13.7. The van der Waals surface area contributed by atoms with Crippen LogP contribution in [-0.4, -0.2) is 0 Å². The van der Waals surface area contributed by atoms with Crippen molar-refractivity contribution < 1.29 is 0 Å². The van der Waals surface area contributed by atoms with Crippen molar-refractivity contribution in [1.82, 2.24) is 0 Å². The average molecular weight is 525 g/mol. The van der Waals surface area contributed by atoms with Gasteiger partial charge >= 0.3 is 0 Å². The third kappa shape index (κ3) is 2.70. The minimum atomic E-state index is -0.429. The van der Waals surface area contributed by atoms with Crippen molar-refractivity contribution in [2.45, 2.75) is 5.41 Å². The summed E-state index contributed by atoms with van der Waals surface area (Å²) < 4.78 is 2.73. The molecular weight excluding hydrogens is 500 g/mol. The molecule has 0 spiro atoms. The zero-order valence-corrected chi connectivity index (χ0v) is 22.6. The van der Waals surface area contributed by atoms with E-state index in [1.807, 2.05) is 11.3 Å². The fourth-order valence-electron chi connectivity index (χ4n) is 7.42. The topological polar surface area (TPSA) is 0 Å². The first-order chi connectivity index (χ1) is 19.9. The lowest BCUT2D eigenvalue weighted by molar-refractivity contribution is 0.776. The molecule has 9 rings (SSSR count). The highest BCUT2D eigenvalue weighted by Gasteiger charge is 2.48. The van der Waals surface area contributed by atoms with Crippen LogP contribution in [0, 0.1) is 0 Å². The molecule has 0 radical (unpaired) electrons. The Morgan fingerprint density at radius 2 is 1.00 bits per heavy atom. The lowest BCUT2D eigenvalue weighted by atomic mass is 9.66. The Bertz CT molecular complexity index is 2220. The highest BCUT2D eigenvalue weighted by Crippen LogP contribution is 2.61. The summed E-state index contributed by atoms with van der Waals surface area (Å²) in [5.74, 6) is 0. The molecule has 1 aromatic heterocycles. The predicted molar refractivity (Wildman–Crippen MR) is 172 cm³/mol. The summed E-state index contributed by atoms with van der Waals surface area (Å²) >= 11 is 1.93. The van der Waals surface area contributed by atoms with Gasteiger partial charge in [0.1, 0.15) is 0 Å². The summed E-state index contributed by atoms with van der Waals surface area (Å²) in [7, 11) is 0. The average Bonchev–Trinajstić information content (AvgIpc) is 3.56. The molecular formula is C39H24S. The molecule has 0 N–H and O–H groups in total. The molecule has 0 atom stereocenters. The van der Waals surface area contributed by atoms with Gasteiger partial charge in [-0.1, -0.05) is 140 Å². The van der Waals surface area contributed by atoms with E-state index in [0.717, 1.165) is 0 Å². The standard InChI is InChI=1S/C39H24S/c1-3-13-25(14-4-1)39(26-15-5-2-6-16-26)33-21-11-9-20-32(33)35-36-29(27-17-7-8-19-30(27)37(35)39)23-24-31-28-18-10-12-22-34(28)40-38(31)36/h1-24H. The van der Waals surface area contributed by atoms with Crippen molar-refractivity contribution in [3.63, 3.8) is 0 Å². The van der Waals surface area contributed by atoms with Crippen molar-refractivity contribution in [3.05, 3.63) is 168 Å². The van der Waals surface area contributed by atoms with Crippen LogP contribution < -0.4 is 0 Å². The molecule has 0 saturated heterocycles. The maximum absolute atomic E-state index is 2.37. The van der Waals surface area contributed by atoms with E-state index in [0.29, 0.717) is 0 Å². The number of hydrogen-bond acceptors (Lipinski definition) is 1. The number of fused-ring (bicyclic) bond motifs is 12. The highest BCUT2D eigenvalue weighted by atomic mass is 32.1. The van der Waals surface area contributed by atoms with Gasteiger partial charge in [0.2, 0.25) is 0 Å². The molecule has 1 aliphatic rings. The smallest absolute Gasteiger partial charge is 0.0719 e. The van der Waals surface area contributed by atoms with Crippen molar-refractivity contribution in [2.24, 2.45) is 0 Å². The minimum Gasteiger partial charge on any atom is -0.135 e. The van der Waals surface area contributed by atoms with Gasteiger partial charge in [0.05, 0.1) is 5.41 Å². The molecule has 40 heavy (non-hydrogen) atoms. The van der Waals surface area contributed by atoms with Gasteiger partial charge in [0, 0.05) is 25.6 Å².